The smallest absolute Gasteiger partial charge is 0.330 e. The molecule has 4 amide bonds. The molecule has 0 radical (unpaired) electrons. The summed E-state index contributed by atoms with van der Waals surface area (Å²) in [7, 11) is 0. The van der Waals surface area contributed by atoms with Gasteiger partial charge in [-0.2, -0.15) is 49.2 Å². The number of fused-ring (bicyclic) bond motifs is 5. The van der Waals surface area contributed by atoms with Gasteiger partial charge in [-0.3, -0.25) is 9.59 Å². The Hall–Kier alpha value is -3.58. The molecule has 1 aromatic carbocycles. The first-order chi connectivity index (χ1) is 16.4. The molecule has 1 unspecified atom stereocenters. The highest BCUT2D eigenvalue weighted by Crippen LogP contribution is 2.50. The van der Waals surface area contributed by atoms with E-state index < -0.39 is 89.9 Å². The summed E-state index contributed by atoms with van der Waals surface area (Å²) < 4.78 is 132. The normalized spacial score (nSPS) is 24.5. The maximum Gasteiger partial charge on any atom is 0.460 e. The number of alkyl halides is 10. The van der Waals surface area contributed by atoms with E-state index in [4.69, 9.17) is 5.26 Å². The molecule has 36 heavy (non-hydrogen) atoms. The fourth-order valence-electron chi connectivity index (χ4n) is 4.62. The number of halogens is 10. The number of benzene rings is 1. The second kappa shape index (κ2) is 7.46. The fourth-order valence-corrected chi connectivity index (χ4v) is 4.62. The summed E-state index contributed by atoms with van der Waals surface area (Å²) >= 11 is 0. The zero-order valence-corrected chi connectivity index (χ0v) is 17.2. The van der Waals surface area contributed by atoms with Gasteiger partial charge in [-0.1, -0.05) is 0 Å². The van der Waals surface area contributed by atoms with E-state index in [-0.39, 0.29) is 9.80 Å². The highest BCUT2D eigenvalue weighted by atomic mass is 19.4. The first-order valence-corrected chi connectivity index (χ1v) is 9.77. The van der Waals surface area contributed by atoms with Crippen molar-refractivity contribution in [2.45, 2.75) is 48.7 Å². The number of hydrogen-bond donors (Lipinski definition) is 0. The van der Waals surface area contributed by atoms with E-state index in [0.717, 1.165) is 11.0 Å². The van der Waals surface area contributed by atoms with Crippen molar-refractivity contribution in [1.29, 1.82) is 5.26 Å². The Bertz CT molecular complexity index is 1210. The van der Waals surface area contributed by atoms with Gasteiger partial charge < -0.3 is 9.80 Å². The van der Waals surface area contributed by atoms with Crippen LogP contribution >= 0.6 is 0 Å². The van der Waals surface area contributed by atoms with Crippen LogP contribution in [-0.2, 0) is 15.8 Å². The minimum atomic E-state index is -6.78. The summed E-state index contributed by atoms with van der Waals surface area (Å²) in [6, 6.07) is -2.88. The Morgan fingerprint density at radius 3 is 2.14 bits per heavy atom. The standard InChI is InChI=1S/C19H10F10N4O3/c20-16(21,18(25,26)19(27,28)29)14(35)31-6-9-4-11(31)12-13(34)33(15(36)32(9)12)8-2-1-7(5-30)10(3-8)17(22,23)24/h1-3,9,11-12H,4,6H2/t9-,11?,12-/m1/s1. The first-order valence-electron chi connectivity index (χ1n) is 9.77. The van der Waals surface area contributed by atoms with Gasteiger partial charge in [0.05, 0.1) is 35.0 Å². The average Bonchev–Trinajstić information content (AvgIpc) is 3.42. The van der Waals surface area contributed by atoms with Crippen molar-refractivity contribution in [2.24, 2.45) is 0 Å². The van der Waals surface area contributed by atoms with Crippen molar-refractivity contribution >= 4 is 23.5 Å². The van der Waals surface area contributed by atoms with Gasteiger partial charge in [0.2, 0.25) is 0 Å². The molecule has 3 atom stereocenters. The summed E-state index contributed by atoms with van der Waals surface area (Å²) in [5.41, 5.74) is -2.99. The molecule has 194 valence electrons. The van der Waals surface area contributed by atoms with Crippen molar-refractivity contribution in [3.63, 3.8) is 0 Å². The van der Waals surface area contributed by atoms with Gasteiger partial charge in [0, 0.05) is 6.54 Å². The van der Waals surface area contributed by atoms with E-state index in [1.807, 2.05) is 0 Å². The van der Waals surface area contributed by atoms with Crippen molar-refractivity contribution in [3.8, 4) is 6.07 Å². The molecule has 0 aliphatic carbocycles. The number of urea groups is 1. The highest BCUT2D eigenvalue weighted by Gasteiger charge is 2.78. The largest absolute Gasteiger partial charge is 0.460 e. The quantitative estimate of drug-likeness (QED) is 0.441. The Morgan fingerprint density at radius 1 is 1.00 bits per heavy atom. The molecule has 3 fully saturated rings. The molecule has 0 saturated carbocycles. The summed E-state index contributed by atoms with van der Waals surface area (Å²) in [5, 5.41) is 8.88. The molecule has 3 aliphatic heterocycles. The SMILES string of the molecule is N#Cc1ccc(N2C(=O)[C@H]3C4C[C@H](CN4C(=O)C(F)(F)C(F)(F)C(F)(F)F)N3C2=O)cc1C(F)(F)F. The number of likely N-dealkylation sites (tertiary alicyclic amines) is 1. The van der Waals surface area contributed by atoms with Gasteiger partial charge in [0.25, 0.3) is 11.8 Å². The van der Waals surface area contributed by atoms with Gasteiger partial charge in [0.1, 0.15) is 6.04 Å². The number of hydrogen-bond acceptors (Lipinski definition) is 4. The third-order valence-electron chi connectivity index (χ3n) is 6.23. The van der Waals surface area contributed by atoms with Gasteiger partial charge in [-0.25, -0.2) is 9.69 Å². The first kappa shape index (κ1) is 25.5. The molecule has 3 aliphatic rings. The number of carbonyl (C=O) groups is 3. The maximum atomic E-state index is 14.0. The fraction of sp³-hybridized carbons (Fsp3) is 0.474. The van der Waals surface area contributed by atoms with E-state index in [9.17, 15) is 58.3 Å². The van der Waals surface area contributed by atoms with E-state index in [0.29, 0.717) is 12.1 Å². The Morgan fingerprint density at radius 2 is 1.61 bits per heavy atom. The lowest BCUT2D eigenvalue weighted by atomic mass is 10.0. The van der Waals surface area contributed by atoms with Crippen LogP contribution in [-0.4, -0.2) is 70.3 Å². The number of nitrogens with zero attached hydrogens (tertiary/aromatic N) is 4. The average molecular weight is 532 g/mol. The Balaban J connectivity index is 1.66. The van der Waals surface area contributed by atoms with Crippen LogP contribution < -0.4 is 4.90 Å². The molecular formula is C19H10F10N4O3. The number of nitriles is 1. The zero-order chi connectivity index (χ0) is 27.2. The van der Waals surface area contributed by atoms with Crippen LogP contribution in [0.5, 0.6) is 0 Å². The molecule has 3 heterocycles. The molecule has 2 bridgehead atoms. The van der Waals surface area contributed by atoms with Gasteiger partial charge in [-0.05, 0) is 24.6 Å². The second-order valence-electron chi connectivity index (χ2n) is 8.21. The Kier molecular flexibility index (Phi) is 5.29. The van der Waals surface area contributed by atoms with Gasteiger partial charge in [-0.15, -0.1) is 0 Å². The Labute approximate surface area is 193 Å². The minimum absolute atomic E-state index is 0.0416. The van der Waals surface area contributed by atoms with E-state index in [1.165, 1.54) is 6.07 Å². The van der Waals surface area contributed by atoms with E-state index in [1.54, 1.807) is 0 Å². The minimum Gasteiger partial charge on any atom is -0.330 e. The van der Waals surface area contributed by atoms with Gasteiger partial charge >= 0.3 is 30.2 Å². The number of anilines is 1. The molecule has 1 aromatic rings. The molecule has 0 spiro atoms. The second-order valence-corrected chi connectivity index (χ2v) is 8.21. The van der Waals surface area contributed by atoms with E-state index in [2.05, 4.69) is 0 Å². The monoisotopic (exact) mass is 532 g/mol. The van der Waals surface area contributed by atoms with Crippen molar-refractivity contribution in [2.75, 3.05) is 11.4 Å². The number of carbonyl (C=O) groups excluding carboxylic acids is 3. The third kappa shape index (κ3) is 3.29. The number of piperazine rings is 1. The summed E-state index contributed by atoms with van der Waals surface area (Å²) in [6.07, 6.45) is -12.3. The summed E-state index contributed by atoms with van der Waals surface area (Å²) in [4.78, 5) is 38.8. The van der Waals surface area contributed by atoms with Gasteiger partial charge in [0.15, 0.2) is 0 Å². The number of amides is 4. The summed E-state index contributed by atoms with van der Waals surface area (Å²) in [6.45, 7) is -0.905. The lowest BCUT2D eigenvalue weighted by molar-refractivity contribution is -0.346. The van der Waals surface area contributed by atoms with Crippen LogP contribution in [0.25, 0.3) is 0 Å². The van der Waals surface area contributed by atoms with Crippen molar-refractivity contribution in [3.05, 3.63) is 29.3 Å². The topological polar surface area (TPSA) is 84.7 Å². The number of imide groups is 1. The highest BCUT2D eigenvalue weighted by molar-refractivity contribution is 6.22. The lowest BCUT2D eigenvalue weighted by Gasteiger charge is -2.38. The predicted molar refractivity (Wildman–Crippen MR) is 94.5 cm³/mol. The predicted octanol–water partition coefficient (Wildman–Crippen LogP) is 3.53. The third-order valence-corrected chi connectivity index (χ3v) is 6.23. The van der Waals surface area contributed by atoms with Crippen LogP contribution in [0.1, 0.15) is 17.5 Å². The van der Waals surface area contributed by atoms with Crippen LogP contribution in [0.4, 0.5) is 54.4 Å². The molecule has 7 nitrogen and oxygen atoms in total. The van der Waals surface area contributed by atoms with Crippen LogP contribution in [0, 0.1) is 11.3 Å². The van der Waals surface area contributed by atoms with E-state index >= 15 is 0 Å². The van der Waals surface area contributed by atoms with Crippen LogP contribution in [0.2, 0.25) is 0 Å². The maximum absolute atomic E-state index is 14.0. The zero-order valence-electron chi connectivity index (χ0n) is 17.2. The molecular weight excluding hydrogens is 522 g/mol. The number of rotatable bonds is 3. The lowest BCUT2D eigenvalue weighted by Crippen LogP contribution is -2.64. The van der Waals surface area contributed by atoms with Crippen molar-refractivity contribution in [1.82, 2.24) is 9.80 Å². The summed E-state index contributed by atoms with van der Waals surface area (Å²) in [5.74, 6) is -17.2. The molecule has 17 heteroatoms. The molecule has 0 aromatic heterocycles. The molecule has 4 rings (SSSR count). The molecule has 0 N–H and O–H groups in total. The van der Waals surface area contributed by atoms with Crippen LogP contribution in [0.3, 0.4) is 0 Å². The van der Waals surface area contributed by atoms with Crippen molar-refractivity contribution < 1.29 is 58.3 Å². The molecule has 3 saturated heterocycles. The van der Waals surface area contributed by atoms with Crippen LogP contribution in [0.15, 0.2) is 18.2 Å².